The van der Waals surface area contributed by atoms with Gasteiger partial charge in [0.1, 0.15) is 12.1 Å². The molecule has 2 fully saturated rings. The van der Waals surface area contributed by atoms with Crippen LogP contribution in [0.15, 0.2) is 78.9 Å². The largest absolute Gasteiger partial charge is 0.418 e. The van der Waals surface area contributed by atoms with E-state index in [0.29, 0.717) is 10.7 Å². The first-order valence-corrected chi connectivity index (χ1v) is 13.3. The van der Waals surface area contributed by atoms with Crippen LogP contribution in [0.25, 0.3) is 0 Å². The highest BCUT2D eigenvalue weighted by Gasteiger charge is 2.54. The quantitative estimate of drug-likeness (QED) is 0.404. The van der Waals surface area contributed by atoms with Gasteiger partial charge in [0.2, 0.25) is 5.91 Å². The number of hydrogen-bond donors (Lipinski definition) is 2. The molecule has 0 radical (unpaired) electrons. The second-order valence-corrected chi connectivity index (χ2v) is 10.4. The first-order chi connectivity index (χ1) is 19.6. The van der Waals surface area contributed by atoms with Gasteiger partial charge in [0.05, 0.1) is 17.9 Å². The summed E-state index contributed by atoms with van der Waals surface area (Å²) in [5.74, 6) is -0.629. The maximum atomic E-state index is 13.9. The molecule has 2 aliphatic heterocycles. The third kappa shape index (κ3) is 5.95. The summed E-state index contributed by atoms with van der Waals surface area (Å²) in [6.45, 7) is 0.251. The molecule has 0 bridgehead atoms. The number of benzene rings is 3. The maximum absolute atomic E-state index is 13.9. The van der Waals surface area contributed by atoms with Crippen molar-refractivity contribution in [1.82, 2.24) is 9.80 Å². The summed E-state index contributed by atoms with van der Waals surface area (Å²) in [6.07, 6.45) is -4.15. The Morgan fingerprint density at radius 1 is 0.902 bits per heavy atom. The van der Waals surface area contributed by atoms with Gasteiger partial charge in [-0.05, 0) is 55.3 Å². The van der Waals surface area contributed by atoms with Gasteiger partial charge in [-0.15, -0.1) is 0 Å². The molecule has 2 saturated heterocycles. The first kappa shape index (κ1) is 28.3. The van der Waals surface area contributed by atoms with E-state index in [2.05, 4.69) is 10.6 Å². The van der Waals surface area contributed by atoms with Crippen molar-refractivity contribution >= 4 is 46.5 Å². The van der Waals surface area contributed by atoms with Crippen LogP contribution in [-0.4, -0.2) is 59.5 Å². The predicted octanol–water partition coefficient (Wildman–Crippen LogP) is 5.67. The van der Waals surface area contributed by atoms with Crippen molar-refractivity contribution in [2.75, 3.05) is 41.8 Å². The van der Waals surface area contributed by atoms with Gasteiger partial charge < -0.3 is 25.3 Å². The average molecular weight is 586 g/mol. The summed E-state index contributed by atoms with van der Waals surface area (Å²) in [5, 5.41) is 5.60. The monoisotopic (exact) mass is 585 g/mol. The Hall–Kier alpha value is -4.25. The van der Waals surface area contributed by atoms with Crippen molar-refractivity contribution < 1.29 is 27.6 Å². The van der Waals surface area contributed by atoms with Gasteiger partial charge in [-0.3, -0.25) is 9.59 Å². The van der Waals surface area contributed by atoms with Crippen LogP contribution in [0, 0.1) is 0 Å². The van der Waals surface area contributed by atoms with Crippen LogP contribution in [0.3, 0.4) is 0 Å². The normalized spacial score (nSPS) is 16.7. The molecule has 0 aliphatic carbocycles. The van der Waals surface area contributed by atoms with E-state index < -0.39 is 23.3 Å². The Morgan fingerprint density at radius 2 is 1.59 bits per heavy atom. The number of anilines is 3. The molecular weight excluding hydrogens is 559 g/mol. The zero-order valence-corrected chi connectivity index (χ0v) is 22.6. The Morgan fingerprint density at radius 3 is 2.27 bits per heavy atom. The maximum Gasteiger partial charge on any atom is 0.418 e. The molecule has 214 valence electrons. The van der Waals surface area contributed by atoms with Crippen molar-refractivity contribution in [3.05, 3.63) is 89.4 Å². The van der Waals surface area contributed by atoms with E-state index in [1.54, 1.807) is 24.3 Å². The molecule has 12 heteroatoms. The fourth-order valence-corrected chi connectivity index (χ4v) is 5.57. The van der Waals surface area contributed by atoms with Crippen LogP contribution < -0.4 is 15.5 Å². The lowest BCUT2D eigenvalue weighted by molar-refractivity contribution is -0.137. The van der Waals surface area contributed by atoms with Crippen LogP contribution in [0.1, 0.15) is 18.4 Å². The number of likely N-dealkylation sites (tertiary alicyclic amines) is 1. The number of alkyl halides is 3. The van der Waals surface area contributed by atoms with E-state index in [0.717, 1.165) is 11.8 Å². The van der Waals surface area contributed by atoms with Crippen LogP contribution in [0.2, 0.25) is 5.02 Å². The van der Waals surface area contributed by atoms with Crippen molar-refractivity contribution in [3.8, 4) is 0 Å². The number of nitrogens with zero attached hydrogens (tertiary/aromatic N) is 3. The molecule has 0 unspecified atom stereocenters. The molecule has 8 nitrogen and oxygen atoms in total. The summed E-state index contributed by atoms with van der Waals surface area (Å²) in [4.78, 5) is 44.5. The van der Waals surface area contributed by atoms with Gasteiger partial charge in [-0.2, -0.15) is 13.2 Å². The highest BCUT2D eigenvalue weighted by atomic mass is 35.5. The molecule has 4 amide bonds. The first-order valence-electron chi connectivity index (χ1n) is 13.0. The van der Waals surface area contributed by atoms with Crippen LogP contribution in [0.5, 0.6) is 0 Å². The van der Waals surface area contributed by atoms with Crippen molar-refractivity contribution in [1.29, 1.82) is 0 Å². The molecule has 3 aromatic rings. The van der Waals surface area contributed by atoms with Crippen LogP contribution in [-0.2, 0) is 15.8 Å². The lowest BCUT2D eigenvalue weighted by Gasteiger charge is -2.43. The van der Waals surface area contributed by atoms with Gasteiger partial charge in [-0.1, -0.05) is 48.0 Å². The predicted molar refractivity (Wildman–Crippen MR) is 150 cm³/mol. The third-order valence-corrected chi connectivity index (χ3v) is 7.61. The molecule has 0 aromatic heterocycles. The Bertz CT molecular complexity index is 1440. The molecule has 1 spiro atoms. The summed E-state index contributed by atoms with van der Waals surface area (Å²) in [7, 11) is 0. The van der Waals surface area contributed by atoms with E-state index in [-0.39, 0.29) is 56.6 Å². The van der Waals surface area contributed by atoms with E-state index >= 15 is 0 Å². The molecule has 2 heterocycles. The van der Waals surface area contributed by atoms with E-state index in [4.69, 9.17) is 11.6 Å². The van der Waals surface area contributed by atoms with E-state index in [1.165, 1.54) is 28.0 Å². The molecule has 2 N–H and O–H groups in total. The average Bonchev–Trinajstić information content (AvgIpc) is 3.19. The Labute approximate surface area is 239 Å². The summed E-state index contributed by atoms with van der Waals surface area (Å²) in [5.41, 5.74) is -0.983. The van der Waals surface area contributed by atoms with Crippen LogP contribution >= 0.6 is 11.6 Å². The third-order valence-electron chi connectivity index (χ3n) is 7.38. The number of halogens is 4. The fourth-order valence-electron chi connectivity index (χ4n) is 5.38. The number of urea groups is 1. The lowest BCUT2D eigenvalue weighted by Crippen LogP contribution is -2.58. The van der Waals surface area contributed by atoms with Crippen molar-refractivity contribution in [3.63, 3.8) is 0 Å². The van der Waals surface area contributed by atoms with Gasteiger partial charge in [0, 0.05) is 29.5 Å². The van der Waals surface area contributed by atoms with E-state index in [1.807, 2.05) is 35.2 Å². The zero-order valence-electron chi connectivity index (χ0n) is 21.8. The SMILES string of the molecule is O=C(CN1CN(c2ccccc2)C2(CCN(C(=O)Nc3ccccc3C(F)(F)F)CC2)C1=O)Nc1cccc(Cl)c1. The smallest absolute Gasteiger partial charge is 0.339 e. The molecule has 0 atom stereocenters. The minimum atomic E-state index is -4.62. The second-order valence-electron chi connectivity index (χ2n) is 9.96. The zero-order chi connectivity index (χ0) is 29.2. The number of piperidine rings is 1. The second kappa shape index (κ2) is 11.3. The van der Waals surface area contributed by atoms with Gasteiger partial charge in [0.25, 0.3) is 5.91 Å². The number of rotatable bonds is 5. The molecule has 2 aliphatic rings. The number of carbonyl (C=O) groups is 3. The Balaban J connectivity index is 1.31. The Kier molecular flexibility index (Phi) is 7.81. The molecule has 3 aromatic carbocycles. The molecular formula is C29H27ClF3N5O3. The van der Waals surface area contributed by atoms with Gasteiger partial charge >= 0.3 is 12.2 Å². The highest BCUT2D eigenvalue weighted by Crippen LogP contribution is 2.40. The minimum Gasteiger partial charge on any atom is -0.339 e. The lowest BCUT2D eigenvalue weighted by atomic mass is 9.85. The molecule has 41 heavy (non-hydrogen) atoms. The van der Waals surface area contributed by atoms with Crippen molar-refractivity contribution in [2.45, 2.75) is 24.6 Å². The number of hydrogen-bond acceptors (Lipinski definition) is 4. The number of carbonyl (C=O) groups excluding carboxylic acids is 3. The van der Waals surface area contributed by atoms with Gasteiger partial charge in [-0.25, -0.2) is 4.79 Å². The topological polar surface area (TPSA) is 85.0 Å². The summed E-state index contributed by atoms with van der Waals surface area (Å²) < 4.78 is 40.2. The van der Waals surface area contributed by atoms with E-state index in [9.17, 15) is 27.6 Å². The summed E-state index contributed by atoms with van der Waals surface area (Å²) in [6, 6.07) is 20.1. The number of nitrogens with one attached hydrogen (secondary N) is 2. The van der Waals surface area contributed by atoms with Crippen LogP contribution in [0.4, 0.5) is 35.0 Å². The fraction of sp³-hybridized carbons (Fsp3) is 0.276. The number of para-hydroxylation sites is 2. The highest BCUT2D eigenvalue weighted by molar-refractivity contribution is 6.30. The molecule has 5 rings (SSSR count). The van der Waals surface area contributed by atoms with Gasteiger partial charge in [0.15, 0.2) is 0 Å². The standard InChI is InChI=1S/C29H27ClF3N5O3/c30-20-7-6-8-21(17-20)34-25(39)18-37-19-38(22-9-2-1-3-10-22)28(26(37)40)13-15-36(16-14-28)27(41)35-24-12-5-4-11-23(24)29(31,32)33/h1-12,17H,13-16,18-19H2,(H,34,39)(H,35,41). The van der Waals surface area contributed by atoms with Crippen molar-refractivity contribution in [2.24, 2.45) is 0 Å². The minimum absolute atomic E-state index is 0.137. The summed E-state index contributed by atoms with van der Waals surface area (Å²) >= 11 is 6.01. The molecule has 0 saturated carbocycles. The number of amides is 4.